The molecule has 0 atom stereocenters. The highest BCUT2D eigenvalue weighted by Crippen LogP contribution is 2.59. The molecule has 4 rings (SSSR count). The minimum absolute atomic E-state index is 0.0460. The summed E-state index contributed by atoms with van der Waals surface area (Å²) < 4.78 is 3.45. The maximum atomic E-state index is 5.05. The summed E-state index contributed by atoms with van der Waals surface area (Å²) in [5, 5.41) is 2.55. The van der Waals surface area contributed by atoms with Crippen molar-refractivity contribution in [3.05, 3.63) is 60.9 Å². The van der Waals surface area contributed by atoms with Crippen LogP contribution >= 0.6 is 60.4 Å². The van der Waals surface area contributed by atoms with E-state index >= 15 is 0 Å². The zero-order valence-corrected chi connectivity index (χ0v) is 28.1. The molecule has 0 aliphatic heterocycles. The molecule has 0 saturated heterocycles. The molecule has 0 amide bonds. The van der Waals surface area contributed by atoms with Crippen LogP contribution in [0.15, 0.2) is 54.7 Å². The SMILES string of the molecule is CCCCCCCCC1(CCCCCCCC)c2cc(Br)c(Br)cc2-c2c1cc(S)c1cccc(Br)c21. The fourth-order valence-corrected chi connectivity index (χ4v) is 8.01. The Morgan fingerprint density at radius 2 is 1.22 bits per heavy atom. The molecule has 3 aromatic carbocycles. The third kappa shape index (κ3) is 6.39. The van der Waals surface area contributed by atoms with Crippen LogP contribution < -0.4 is 0 Å². The van der Waals surface area contributed by atoms with Crippen LogP contribution in [0.5, 0.6) is 0 Å². The molecule has 0 radical (unpaired) electrons. The molecule has 0 N–H and O–H groups in total. The molecule has 0 unspecified atom stereocenters. The summed E-state index contributed by atoms with van der Waals surface area (Å²) >= 11 is 16.7. The fraction of sp³-hybridized carbons (Fsp3) is 0.515. The van der Waals surface area contributed by atoms with Gasteiger partial charge in [0.15, 0.2) is 0 Å². The molecule has 0 aromatic heterocycles. The molecular formula is C33H41Br3S. The second-order valence-electron chi connectivity index (χ2n) is 10.9. The molecule has 1 aliphatic rings. The molecule has 0 nitrogen and oxygen atoms in total. The summed E-state index contributed by atoms with van der Waals surface area (Å²) in [5.41, 5.74) is 5.87. The lowest BCUT2D eigenvalue weighted by molar-refractivity contribution is 0.397. The number of hydrogen-bond donors (Lipinski definition) is 1. The van der Waals surface area contributed by atoms with E-state index < -0.39 is 0 Å². The number of fused-ring (bicyclic) bond motifs is 5. The van der Waals surface area contributed by atoms with E-state index in [4.69, 9.17) is 12.6 Å². The van der Waals surface area contributed by atoms with Crippen LogP contribution in [0.4, 0.5) is 0 Å². The molecule has 0 saturated carbocycles. The van der Waals surface area contributed by atoms with Crippen LogP contribution in [-0.2, 0) is 5.41 Å². The van der Waals surface area contributed by atoms with Gasteiger partial charge >= 0.3 is 0 Å². The Bertz CT molecular complexity index is 1200. The first kappa shape index (κ1) is 29.7. The normalized spacial score (nSPS) is 13.8. The third-order valence-electron chi connectivity index (χ3n) is 8.37. The van der Waals surface area contributed by atoms with Crippen LogP contribution in [0.2, 0.25) is 0 Å². The quantitative estimate of drug-likeness (QED) is 0.125. The Kier molecular flexibility index (Phi) is 11.1. The van der Waals surface area contributed by atoms with E-state index in [9.17, 15) is 0 Å². The van der Waals surface area contributed by atoms with Crippen molar-refractivity contribution in [2.45, 2.75) is 114 Å². The zero-order chi connectivity index (χ0) is 26.4. The Labute approximate surface area is 255 Å². The molecule has 1 aliphatic carbocycles. The smallest absolute Gasteiger partial charge is 0.0323 e. The summed E-state index contributed by atoms with van der Waals surface area (Å²) in [7, 11) is 0. The number of rotatable bonds is 14. The lowest BCUT2D eigenvalue weighted by Crippen LogP contribution is -2.25. The molecule has 0 spiro atoms. The first-order valence-corrected chi connectivity index (χ1v) is 17.2. The third-order valence-corrected chi connectivity index (χ3v) is 11.2. The molecule has 37 heavy (non-hydrogen) atoms. The van der Waals surface area contributed by atoms with Crippen molar-refractivity contribution in [2.24, 2.45) is 0 Å². The van der Waals surface area contributed by atoms with Gasteiger partial charge in [0.05, 0.1) is 0 Å². The highest BCUT2D eigenvalue weighted by atomic mass is 79.9. The monoisotopic (exact) mass is 706 g/mol. The lowest BCUT2D eigenvalue weighted by Gasteiger charge is -2.33. The van der Waals surface area contributed by atoms with E-state index in [1.165, 1.54) is 123 Å². The van der Waals surface area contributed by atoms with Crippen LogP contribution in [0, 0.1) is 0 Å². The Morgan fingerprint density at radius 3 is 1.84 bits per heavy atom. The maximum absolute atomic E-state index is 5.05. The summed E-state index contributed by atoms with van der Waals surface area (Å²) in [6.45, 7) is 4.60. The molecule has 3 aromatic rings. The molecular weight excluding hydrogens is 668 g/mol. The van der Waals surface area contributed by atoms with Gasteiger partial charge in [-0.05, 0) is 96.6 Å². The van der Waals surface area contributed by atoms with Crippen molar-refractivity contribution in [2.75, 3.05) is 0 Å². The Morgan fingerprint density at radius 1 is 0.649 bits per heavy atom. The van der Waals surface area contributed by atoms with Crippen LogP contribution in [-0.4, -0.2) is 0 Å². The van der Waals surface area contributed by atoms with Crippen molar-refractivity contribution in [3.63, 3.8) is 0 Å². The standard InChI is InChI=1S/C33H41Br3S/c1-3-5-7-9-11-13-18-33(19-14-12-10-8-6-4-2)25-21-29(36)28(35)20-24(25)31-26(33)22-30(37)23-16-15-17-27(34)32(23)31/h15-17,20-22,37H,3-14,18-19H2,1-2H3. The first-order valence-electron chi connectivity index (χ1n) is 14.4. The van der Waals surface area contributed by atoms with Gasteiger partial charge in [-0.3, -0.25) is 0 Å². The van der Waals surface area contributed by atoms with E-state index in [2.05, 4.69) is 98.0 Å². The maximum Gasteiger partial charge on any atom is 0.0323 e. The first-order chi connectivity index (χ1) is 17.9. The van der Waals surface area contributed by atoms with E-state index in [1.807, 2.05) is 0 Å². The second-order valence-corrected chi connectivity index (χ2v) is 14.0. The molecule has 200 valence electrons. The fourth-order valence-electron chi connectivity index (χ4n) is 6.44. The van der Waals surface area contributed by atoms with Gasteiger partial charge in [0.1, 0.15) is 0 Å². The van der Waals surface area contributed by atoms with E-state index in [0.717, 1.165) is 18.3 Å². The summed E-state index contributed by atoms with van der Waals surface area (Å²) in [6.07, 6.45) is 18.4. The van der Waals surface area contributed by atoms with Crippen molar-refractivity contribution < 1.29 is 0 Å². The van der Waals surface area contributed by atoms with Crippen LogP contribution in [0.25, 0.3) is 21.9 Å². The molecule has 4 heteroatoms. The predicted octanol–water partition coefficient (Wildman–Crippen LogP) is 13.2. The summed E-state index contributed by atoms with van der Waals surface area (Å²) in [5.74, 6) is 0. The van der Waals surface area contributed by atoms with E-state index in [1.54, 1.807) is 0 Å². The van der Waals surface area contributed by atoms with Gasteiger partial charge in [-0.1, -0.05) is 119 Å². The number of unbranched alkanes of at least 4 members (excludes halogenated alkanes) is 10. The highest BCUT2D eigenvalue weighted by molar-refractivity contribution is 9.13. The second kappa shape index (κ2) is 13.9. The van der Waals surface area contributed by atoms with Gasteiger partial charge in [-0.2, -0.15) is 0 Å². The number of thiol groups is 1. The summed E-state index contributed by atoms with van der Waals surface area (Å²) in [6, 6.07) is 13.7. The number of hydrogen-bond acceptors (Lipinski definition) is 1. The van der Waals surface area contributed by atoms with Crippen molar-refractivity contribution >= 4 is 71.2 Å². The van der Waals surface area contributed by atoms with Crippen molar-refractivity contribution in [1.82, 2.24) is 0 Å². The van der Waals surface area contributed by atoms with Gasteiger partial charge in [0.2, 0.25) is 0 Å². The number of benzene rings is 3. The highest BCUT2D eigenvalue weighted by Gasteiger charge is 2.44. The number of halogens is 3. The average molecular weight is 709 g/mol. The van der Waals surface area contributed by atoms with Crippen molar-refractivity contribution in [1.29, 1.82) is 0 Å². The van der Waals surface area contributed by atoms with Crippen LogP contribution in [0.3, 0.4) is 0 Å². The van der Waals surface area contributed by atoms with Gasteiger partial charge in [-0.25, -0.2) is 0 Å². The Hall–Kier alpha value is -0.290. The molecule has 0 bridgehead atoms. The van der Waals surface area contributed by atoms with Gasteiger partial charge < -0.3 is 0 Å². The van der Waals surface area contributed by atoms with E-state index in [-0.39, 0.29) is 5.41 Å². The molecule has 0 fully saturated rings. The molecule has 0 heterocycles. The minimum atomic E-state index is 0.0460. The van der Waals surface area contributed by atoms with E-state index in [0.29, 0.717) is 0 Å². The van der Waals surface area contributed by atoms with Gasteiger partial charge in [0, 0.05) is 29.1 Å². The average Bonchev–Trinajstić information content (AvgIpc) is 3.12. The zero-order valence-electron chi connectivity index (χ0n) is 22.4. The minimum Gasteiger partial charge on any atom is -0.143 e. The topological polar surface area (TPSA) is 0 Å². The Balaban J connectivity index is 1.81. The lowest BCUT2D eigenvalue weighted by atomic mass is 9.70. The predicted molar refractivity (Wildman–Crippen MR) is 177 cm³/mol. The largest absolute Gasteiger partial charge is 0.143 e. The van der Waals surface area contributed by atoms with Crippen LogP contribution in [0.1, 0.15) is 115 Å². The van der Waals surface area contributed by atoms with Crippen molar-refractivity contribution in [3.8, 4) is 11.1 Å². The summed E-state index contributed by atoms with van der Waals surface area (Å²) in [4.78, 5) is 1.09. The van der Waals surface area contributed by atoms with Gasteiger partial charge in [0.25, 0.3) is 0 Å². The van der Waals surface area contributed by atoms with Gasteiger partial charge in [-0.15, -0.1) is 12.6 Å².